The summed E-state index contributed by atoms with van der Waals surface area (Å²) < 4.78 is 6.59. The van der Waals surface area contributed by atoms with Gasteiger partial charge in [-0.3, -0.25) is 18.8 Å². The Morgan fingerprint density at radius 1 is 1.15 bits per heavy atom. The van der Waals surface area contributed by atoms with Gasteiger partial charge in [-0.15, -0.1) is 0 Å². The van der Waals surface area contributed by atoms with Gasteiger partial charge in [-0.05, 0) is 42.8 Å². The lowest BCUT2D eigenvalue weighted by Gasteiger charge is -2.07. The minimum Gasteiger partial charge on any atom is -0.459 e. The Labute approximate surface area is 160 Å². The van der Waals surface area contributed by atoms with Gasteiger partial charge < -0.3 is 4.74 Å². The monoisotopic (exact) mass is 384 g/mol. The van der Waals surface area contributed by atoms with Crippen LogP contribution in [0.15, 0.2) is 53.5 Å². The van der Waals surface area contributed by atoms with Gasteiger partial charge in [-0.2, -0.15) is 0 Å². The number of carbonyl (C=O) groups excluding carboxylic acids is 2. The molecule has 0 saturated heterocycles. The number of hydrogen-bond donors (Lipinski definition) is 0. The van der Waals surface area contributed by atoms with Crippen LogP contribution in [-0.4, -0.2) is 21.1 Å². The number of fused-ring (bicyclic) bond motifs is 1. The molecule has 3 rings (SSSR count). The van der Waals surface area contributed by atoms with Crippen LogP contribution in [0.5, 0.6) is 0 Å². The Morgan fingerprint density at radius 2 is 1.89 bits per heavy atom. The molecule has 6 nitrogen and oxygen atoms in total. The highest BCUT2D eigenvalue weighted by atomic mass is 35.5. The maximum atomic E-state index is 12.1. The predicted octanol–water partition coefficient (Wildman–Crippen LogP) is 3.36. The molecule has 0 amide bonds. The van der Waals surface area contributed by atoms with Crippen LogP contribution in [0.4, 0.5) is 0 Å². The quantitative estimate of drug-likeness (QED) is 0.481. The van der Waals surface area contributed by atoms with Gasteiger partial charge in [-0.25, -0.2) is 4.98 Å². The van der Waals surface area contributed by atoms with Crippen LogP contribution in [0.1, 0.15) is 34.5 Å². The lowest BCUT2D eigenvalue weighted by Crippen LogP contribution is -2.17. The summed E-state index contributed by atoms with van der Waals surface area (Å²) in [7, 11) is 0. The number of pyridine rings is 1. The third-order valence-corrected chi connectivity index (χ3v) is 4.29. The number of rotatable bonds is 6. The van der Waals surface area contributed by atoms with Gasteiger partial charge in [0.15, 0.2) is 5.78 Å². The van der Waals surface area contributed by atoms with Gasteiger partial charge in [0.1, 0.15) is 12.3 Å². The number of aryl methyl sites for hydroxylation is 1. The number of ether oxygens (including phenoxy) is 1. The molecule has 0 unspecified atom stereocenters. The molecule has 0 bridgehead atoms. The molecule has 0 atom stereocenters. The van der Waals surface area contributed by atoms with Crippen LogP contribution >= 0.6 is 11.6 Å². The van der Waals surface area contributed by atoms with Crippen molar-refractivity contribution in [3.63, 3.8) is 0 Å². The van der Waals surface area contributed by atoms with E-state index in [1.807, 2.05) is 13.0 Å². The van der Waals surface area contributed by atoms with Gasteiger partial charge >= 0.3 is 5.97 Å². The zero-order valence-corrected chi connectivity index (χ0v) is 15.4. The maximum absolute atomic E-state index is 12.1. The Balaban J connectivity index is 1.58. The van der Waals surface area contributed by atoms with E-state index in [-0.39, 0.29) is 30.8 Å². The fourth-order valence-corrected chi connectivity index (χ4v) is 2.73. The number of hydrogen-bond acceptors (Lipinski definition) is 5. The summed E-state index contributed by atoms with van der Waals surface area (Å²) in [5, 5.41) is 0.542. The SMILES string of the molecule is Cc1cccn2c(=O)cc(COC(=O)CCC(=O)c3ccc(Cl)cc3)nc12. The zero-order valence-electron chi connectivity index (χ0n) is 14.6. The van der Waals surface area contributed by atoms with Gasteiger partial charge in [0.05, 0.1) is 12.1 Å². The first-order chi connectivity index (χ1) is 12.9. The highest BCUT2D eigenvalue weighted by molar-refractivity contribution is 6.30. The summed E-state index contributed by atoms with van der Waals surface area (Å²) in [4.78, 5) is 40.5. The van der Waals surface area contributed by atoms with Crippen molar-refractivity contribution in [2.75, 3.05) is 0 Å². The summed E-state index contributed by atoms with van der Waals surface area (Å²) in [6.45, 7) is 1.73. The van der Waals surface area contributed by atoms with Crippen molar-refractivity contribution in [3.8, 4) is 0 Å². The standard InChI is InChI=1S/C20H17ClN2O4/c1-13-3-2-10-23-18(25)11-16(22-20(13)23)12-27-19(26)9-8-17(24)14-4-6-15(21)7-5-14/h2-7,10-11H,8-9,12H2,1H3. The van der Waals surface area contributed by atoms with Crippen molar-refractivity contribution in [2.24, 2.45) is 0 Å². The van der Waals surface area contributed by atoms with Crippen LogP contribution in [0.25, 0.3) is 5.65 Å². The molecule has 0 radical (unpaired) electrons. The van der Waals surface area contributed by atoms with Crippen molar-refractivity contribution in [3.05, 3.63) is 80.9 Å². The van der Waals surface area contributed by atoms with E-state index in [0.29, 0.717) is 21.9 Å². The number of Topliss-reactive ketones (excluding diaryl/α,β-unsaturated/α-hetero) is 1. The van der Waals surface area contributed by atoms with Crippen LogP contribution in [-0.2, 0) is 16.1 Å². The number of esters is 1. The van der Waals surface area contributed by atoms with Crippen LogP contribution in [0.3, 0.4) is 0 Å². The number of ketones is 1. The second-order valence-corrected chi connectivity index (χ2v) is 6.50. The van der Waals surface area contributed by atoms with E-state index < -0.39 is 5.97 Å². The minimum atomic E-state index is -0.524. The first kappa shape index (κ1) is 18.8. The molecule has 0 aliphatic carbocycles. The molecular formula is C20H17ClN2O4. The average molecular weight is 385 g/mol. The highest BCUT2D eigenvalue weighted by Crippen LogP contribution is 2.12. The lowest BCUT2D eigenvalue weighted by atomic mass is 10.1. The topological polar surface area (TPSA) is 77.7 Å². The number of aromatic nitrogens is 2. The molecule has 2 heterocycles. The average Bonchev–Trinajstić information content (AvgIpc) is 2.66. The molecule has 1 aromatic carbocycles. The van der Waals surface area contributed by atoms with Gasteiger partial charge in [0.25, 0.3) is 5.56 Å². The van der Waals surface area contributed by atoms with Gasteiger partial charge in [0, 0.05) is 29.3 Å². The minimum absolute atomic E-state index is 0.0351. The molecule has 7 heteroatoms. The molecule has 0 saturated carbocycles. The van der Waals surface area contributed by atoms with Gasteiger partial charge in [0.2, 0.25) is 0 Å². The van der Waals surface area contributed by atoms with Crippen molar-refractivity contribution < 1.29 is 14.3 Å². The molecular weight excluding hydrogens is 368 g/mol. The van der Waals surface area contributed by atoms with Crippen LogP contribution in [0.2, 0.25) is 5.02 Å². The summed E-state index contributed by atoms with van der Waals surface area (Å²) >= 11 is 5.79. The van der Waals surface area contributed by atoms with Crippen molar-refractivity contribution >= 4 is 29.0 Å². The van der Waals surface area contributed by atoms with E-state index >= 15 is 0 Å². The number of carbonyl (C=O) groups is 2. The predicted molar refractivity (Wildman–Crippen MR) is 101 cm³/mol. The Bertz CT molecular complexity index is 1060. The normalized spacial score (nSPS) is 10.7. The first-order valence-electron chi connectivity index (χ1n) is 8.36. The molecule has 0 fully saturated rings. The fourth-order valence-electron chi connectivity index (χ4n) is 2.61. The largest absolute Gasteiger partial charge is 0.459 e. The third-order valence-electron chi connectivity index (χ3n) is 4.04. The van der Waals surface area contributed by atoms with E-state index in [2.05, 4.69) is 4.98 Å². The van der Waals surface area contributed by atoms with Crippen molar-refractivity contribution in [2.45, 2.75) is 26.4 Å². The zero-order chi connectivity index (χ0) is 19.4. The summed E-state index contributed by atoms with van der Waals surface area (Å²) in [6.07, 6.45) is 1.62. The van der Waals surface area contributed by atoms with Gasteiger partial charge in [-0.1, -0.05) is 17.7 Å². The molecule has 3 aromatic rings. The molecule has 0 aliphatic rings. The summed E-state index contributed by atoms with van der Waals surface area (Å²) in [5.41, 5.74) is 1.98. The molecule has 0 N–H and O–H groups in total. The van der Waals surface area contributed by atoms with E-state index in [4.69, 9.17) is 16.3 Å². The number of nitrogens with zero attached hydrogens (tertiary/aromatic N) is 2. The van der Waals surface area contributed by atoms with Crippen molar-refractivity contribution in [1.29, 1.82) is 0 Å². The number of benzene rings is 1. The number of halogens is 1. The highest BCUT2D eigenvalue weighted by Gasteiger charge is 2.12. The van der Waals surface area contributed by atoms with E-state index in [9.17, 15) is 14.4 Å². The fraction of sp³-hybridized carbons (Fsp3) is 0.200. The Hall–Kier alpha value is -2.99. The molecule has 2 aromatic heterocycles. The van der Waals surface area contributed by atoms with E-state index in [1.54, 1.807) is 36.5 Å². The third kappa shape index (κ3) is 4.60. The summed E-state index contributed by atoms with van der Waals surface area (Å²) in [5.74, 6) is -0.689. The summed E-state index contributed by atoms with van der Waals surface area (Å²) in [6, 6.07) is 11.4. The maximum Gasteiger partial charge on any atom is 0.306 e. The Kier molecular flexibility index (Phi) is 5.66. The molecule has 0 spiro atoms. The Morgan fingerprint density at radius 3 is 2.63 bits per heavy atom. The molecule has 0 aliphatic heterocycles. The second-order valence-electron chi connectivity index (χ2n) is 6.06. The van der Waals surface area contributed by atoms with Crippen LogP contribution in [0, 0.1) is 6.92 Å². The molecule has 27 heavy (non-hydrogen) atoms. The van der Waals surface area contributed by atoms with Crippen LogP contribution < -0.4 is 5.56 Å². The van der Waals surface area contributed by atoms with E-state index in [0.717, 1.165) is 5.56 Å². The second kappa shape index (κ2) is 8.14. The smallest absolute Gasteiger partial charge is 0.306 e. The van der Waals surface area contributed by atoms with E-state index in [1.165, 1.54) is 10.5 Å². The molecule has 138 valence electrons. The lowest BCUT2D eigenvalue weighted by molar-refractivity contribution is -0.145. The first-order valence-corrected chi connectivity index (χ1v) is 8.74. The van der Waals surface area contributed by atoms with Crippen molar-refractivity contribution in [1.82, 2.24) is 9.38 Å².